The fourth-order valence-electron chi connectivity index (χ4n) is 5.01. The van der Waals surface area contributed by atoms with Gasteiger partial charge < -0.3 is 15.0 Å². The Balaban J connectivity index is 1.19. The van der Waals surface area contributed by atoms with Gasteiger partial charge >= 0.3 is 0 Å². The van der Waals surface area contributed by atoms with Crippen molar-refractivity contribution in [2.45, 2.75) is 38.1 Å². The lowest BCUT2D eigenvalue weighted by atomic mass is 9.79. The number of amides is 1. The maximum absolute atomic E-state index is 13.7. The molecule has 10 heteroatoms. The number of nitriles is 1. The highest BCUT2D eigenvalue weighted by molar-refractivity contribution is 5.94. The van der Waals surface area contributed by atoms with Crippen molar-refractivity contribution in [1.29, 1.82) is 5.26 Å². The molecular weight excluding hydrogens is 497 g/mol. The van der Waals surface area contributed by atoms with Gasteiger partial charge in [-0.05, 0) is 60.9 Å². The predicted molar refractivity (Wildman–Crippen MR) is 143 cm³/mol. The van der Waals surface area contributed by atoms with Crippen LogP contribution in [0.1, 0.15) is 40.5 Å². The monoisotopic (exact) mass is 523 g/mol. The summed E-state index contributed by atoms with van der Waals surface area (Å²) >= 11 is 0. The highest BCUT2D eigenvalue weighted by atomic mass is 19.1. The van der Waals surface area contributed by atoms with E-state index >= 15 is 0 Å². The zero-order valence-electron chi connectivity index (χ0n) is 21.4. The van der Waals surface area contributed by atoms with Gasteiger partial charge in [-0.1, -0.05) is 6.07 Å². The second-order valence-corrected chi connectivity index (χ2v) is 10.1. The number of alkyl halides is 1. The molecule has 39 heavy (non-hydrogen) atoms. The Hall–Kier alpha value is -4.49. The van der Waals surface area contributed by atoms with Crippen molar-refractivity contribution in [3.8, 4) is 17.5 Å². The average Bonchev–Trinajstić information content (AvgIpc) is 3.42. The number of benzene rings is 1. The van der Waals surface area contributed by atoms with E-state index in [1.165, 1.54) is 0 Å². The third-order valence-corrected chi connectivity index (χ3v) is 7.24. The number of anilines is 1. The highest BCUT2D eigenvalue weighted by Crippen LogP contribution is 2.32. The molecule has 6 rings (SSSR count). The van der Waals surface area contributed by atoms with Crippen LogP contribution in [0.2, 0.25) is 0 Å². The molecule has 2 atom stereocenters. The Labute approximate surface area is 224 Å². The second-order valence-electron chi connectivity index (χ2n) is 10.1. The molecule has 0 aliphatic carbocycles. The van der Waals surface area contributed by atoms with Gasteiger partial charge in [0.15, 0.2) is 0 Å². The molecule has 9 nitrogen and oxygen atoms in total. The van der Waals surface area contributed by atoms with E-state index in [2.05, 4.69) is 26.3 Å². The van der Waals surface area contributed by atoms with Gasteiger partial charge in [0.25, 0.3) is 5.91 Å². The number of halogens is 1. The van der Waals surface area contributed by atoms with Crippen LogP contribution < -0.4 is 10.2 Å². The first-order valence-electron chi connectivity index (χ1n) is 12.8. The fourth-order valence-corrected chi connectivity index (χ4v) is 5.01. The van der Waals surface area contributed by atoms with Gasteiger partial charge in [-0.25, -0.2) is 19.3 Å². The number of carbonyl (C=O) groups is 1. The average molecular weight is 524 g/mol. The molecule has 5 heterocycles. The summed E-state index contributed by atoms with van der Waals surface area (Å²) in [6.45, 7) is 3.65. The predicted octanol–water partition coefficient (Wildman–Crippen LogP) is 3.88. The number of hydrogen-bond acceptors (Lipinski definition) is 8. The first kappa shape index (κ1) is 24.8. The standard InChI is InChI=1S/C29H26FN7O2/c1-29(16-31)17-39-15-20-3-2-18(10-23(20)29)27(38)34-13-22-11-26-19(12-33-22)4-5-24(35-26)25-6-8-32-28(36-25)37-9-7-21(30)14-37/h2-6,8,10-12,21H,7,9,13-15,17H2,1H3,(H,34,38)/t21-,29+/m0/s1. The van der Waals surface area contributed by atoms with Gasteiger partial charge in [0.2, 0.25) is 5.95 Å². The fraction of sp³-hybridized carbons (Fsp3) is 0.310. The number of nitrogens with zero attached hydrogens (tertiary/aromatic N) is 6. The molecule has 0 radical (unpaired) electrons. The zero-order chi connectivity index (χ0) is 27.0. The van der Waals surface area contributed by atoms with Crippen LogP contribution in [0.5, 0.6) is 0 Å². The molecule has 2 aliphatic heterocycles. The summed E-state index contributed by atoms with van der Waals surface area (Å²) in [5, 5.41) is 13.4. The third kappa shape index (κ3) is 4.89. The van der Waals surface area contributed by atoms with E-state index in [9.17, 15) is 14.4 Å². The number of pyridine rings is 2. The van der Waals surface area contributed by atoms with Crippen molar-refractivity contribution in [3.05, 3.63) is 77.2 Å². The van der Waals surface area contributed by atoms with Gasteiger partial charge in [0.05, 0.1) is 55.0 Å². The zero-order valence-corrected chi connectivity index (χ0v) is 21.4. The Morgan fingerprint density at radius 1 is 1.21 bits per heavy atom. The summed E-state index contributed by atoms with van der Waals surface area (Å²) in [6, 6.07) is 15.1. The van der Waals surface area contributed by atoms with E-state index in [1.54, 1.807) is 30.6 Å². The molecule has 1 N–H and O–H groups in total. The van der Waals surface area contributed by atoms with E-state index in [0.29, 0.717) is 61.3 Å². The summed E-state index contributed by atoms with van der Waals surface area (Å²) in [5.74, 6) is 0.247. The molecule has 1 aromatic carbocycles. The largest absolute Gasteiger partial charge is 0.375 e. The van der Waals surface area contributed by atoms with Crippen LogP contribution in [-0.4, -0.2) is 51.7 Å². The lowest BCUT2D eigenvalue weighted by Gasteiger charge is -2.30. The first-order chi connectivity index (χ1) is 18.9. The van der Waals surface area contributed by atoms with Crippen molar-refractivity contribution < 1.29 is 13.9 Å². The highest BCUT2D eigenvalue weighted by Gasteiger charge is 2.33. The quantitative estimate of drug-likeness (QED) is 0.419. The first-order valence-corrected chi connectivity index (χ1v) is 12.8. The lowest BCUT2D eigenvalue weighted by Crippen LogP contribution is -2.33. The number of rotatable bonds is 5. The number of aromatic nitrogens is 4. The Kier molecular flexibility index (Phi) is 6.37. The van der Waals surface area contributed by atoms with Crippen molar-refractivity contribution in [2.24, 2.45) is 0 Å². The summed E-state index contributed by atoms with van der Waals surface area (Å²) in [7, 11) is 0. The number of fused-ring (bicyclic) bond motifs is 2. The minimum absolute atomic E-state index is 0.216. The molecule has 196 valence electrons. The molecule has 1 fully saturated rings. The lowest BCUT2D eigenvalue weighted by molar-refractivity contribution is 0.0757. The minimum Gasteiger partial charge on any atom is -0.375 e. The van der Waals surface area contributed by atoms with Crippen LogP contribution in [0.15, 0.2) is 54.9 Å². The minimum atomic E-state index is -0.859. The van der Waals surface area contributed by atoms with Crippen molar-refractivity contribution in [3.63, 3.8) is 0 Å². The molecule has 0 saturated carbocycles. The van der Waals surface area contributed by atoms with E-state index in [0.717, 1.165) is 22.0 Å². The normalized spacial score (nSPS) is 20.4. The number of hydrogen-bond donors (Lipinski definition) is 1. The number of nitrogens with one attached hydrogen (secondary N) is 1. The summed E-state index contributed by atoms with van der Waals surface area (Å²) < 4.78 is 19.2. The van der Waals surface area contributed by atoms with Gasteiger partial charge in [-0.2, -0.15) is 5.26 Å². The molecule has 0 bridgehead atoms. The maximum Gasteiger partial charge on any atom is 0.251 e. The van der Waals surface area contributed by atoms with Crippen molar-refractivity contribution in [1.82, 2.24) is 25.3 Å². The van der Waals surface area contributed by atoms with Crippen molar-refractivity contribution >= 4 is 22.8 Å². The molecule has 2 aliphatic rings. The van der Waals surface area contributed by atoms with E-state index < -0.39 is 11.6 Å². The second kappa shape index (κ2) is 10.0. The third-order valence-electron chi connectivity index (χ3n) is 7.24. The van der Waals surface area contributed by atoms with Crippen molar-refractivity contribution in [2.75, 3.05) is 24.6 Å². The van der Waals surface area contributed by atoms with Crippen LogP contribution >= 0.6 is 0 Å². The topological polar surface area (TPSA) is 117 Å². The van der Waals surface area contributed by atoms with Gasteiger partial charge in [-0.3, -0.25) is 9.78 Å². The molecule has 0 spiro atoms. The van der Waals surface area contributed by atoms with Crippen LogP contribution in [0.4, 0.5) is 10.3 Å². The Morgan fingerprint density at radius 2 is 2.08 bits per heavy atom. The van der Waals surface area contributed by atoms with Crippen LogP contribution in [-0.2, 0) is 23.3 Å². The maximum atomic E-state index is 13.7. The Morgan fingerprint density at radius 3 is 2.90 bits per heavy atom. The SMILES string of the molecule is C[C@@]1(C#N)COCc2ccc(C(=O)NCc3cc4nc(-c5ccnc(N6CC[C@H](F)C6)n5)ccc4cn3)cc21. The summed E-state index contributed by atoms with van der Waals surface area (Å²) in [5.41, 5.74) is 4.13. The van der Waals surface area contributed by atoms with E-state index in [4.69, 9.17) is 9.72 Å². The van der Waals surface area contributed by atoms with Crippen LogP contribution in [0, 0.1) is 11.3 Å². The molecule has 1 saturated heterocycles. The van der Waals surface area contributed by atoms with E-state index in [1.807, 2.05) is 36.1 Å². The molecule has 1 amide bonds. The van der Waals surface area contributed by atoms with Gasteiger partial charge in [0, 0.05) is 29.9 Å². The number of carbonyl (C=O) groups excluding carboxylic acids is 1. The molecule has 0 unspecified atom stereocenters. The van der Waals surface area contributed by atoms with Gasteiger partial charge in [0.1, 0.15) is 11.6 Å². The summed E-state index contributed by atoms with van der Waals surface area (Å²) in [6.07, 6.45) is 3.01. The van der Waals surface area contributed by atoms with Crippen LogP contribution in [0.3, 0.4) is 0 Å². The Bertz CT molecular complexity index is 1620. The molecule has 3 aromatic heterocycles. The van der Waals surface area contributed by atoms with E-state index in [-0.39, 0.29) is 12.5 Å². The van der Waals surface area contributed by atoms with Crippen LogP contribution in [0.25, 0.3) is 22.3 Å². The molecular formula is C29H26FN7O2. The number of ether oxygens (including phenoxy) is 1. The summed E-state index contributed by atoms with van der Waals surface area (Å²) in [4.78, 5) is 33.0. The molecule has 4 aromatic rings. The van der Waals surface area contributed by atoms with Gasteiger partial charge in [-0.15, -0.1) is 0 Å². The smallest absolute Gasteiger partial charge is 0.251 e.